The first-order chi connectivity index (χ1) is 11.3. The molecule has 3 aromatic rings. The zero-order valence-corrected chi connectivity index (χ0v) is 14.2. The summed E-state index contributed by atoms with van der Waals surface area (Å²) in [5.74, 6) is 1.01. The predicted octanol–water partition coefficient (Wildman–Crippen LogP) is 3.54. The molecule has 5 heteroatoms. The molecular formula is C18H17BrN4. The van der Waals surface area contributed by atoms with Gasteiger partial charge in [0.15, 0.2) is 0 Å². The zero-order chi connectivity index (χ0) is 15.6. The van der Waals surface area contributed by atoms with Crippen molar-refractivity contribution < 1.29 is 0 Å². The molecule has 1 aromatic heterocycles. The summed E-state index contributed by atoms with van der Waals surface area (Å²) in [6.45, 7) is 2.82. The summed E-state index contributed by atoms with van der Waals surface area (Å²) in [5.41, 5.74) is 2.28. The van der Waals surface area contributed by atoms with Crippen LogP contribution in [0.2, 0.25) is 0 Å². The Morgan fingerprint density at radius 1 is 1.09 bits per heavy atom. The maximum Gasteiger partial charge on any atom is 0.140 e. The topological polar surface area (TPSA) is 41.0 Å². The first-order valence-electron chi connectivity index (χ1n) is 7.75. The van der Waals surface area contributed by atoms with Gasteiger partial charge in [-0.05, 0) is 23.8 Å². The molecule has 0 amide bonds. The predicted molar refractivity (Wildman–Crippen MR) is 96.6 cm³/mol. The summed E-state index contributed by atoms with van der Waals surface area (Å²) < 4.78 is 1.04. The lowest BCUT2D eigenvalue weighted by Gasteiger charge is -2.37. The van der Waals surface area contributed by atoms with E-state index in [1.165, 1.54) is 5.56 Å². The molecule has 0 bridgehead atoms. The van der Waals surface area contributed by atoms with Gasteiger partial charge in [0.05, 0.1) is 11.6 Å². The third-order valence-corrected chi connectivity index (χ3v) is 4.77. The second kappa shape index (κ2) is 6.26. The Kier molecular flexibility index (Phi) is 3.97. The first-order valence-corrected chi connectivity index (χ1v) is 8.55. The highest BCUT2D eigenvalue weighted by atomic mass is 79.9. The van der Waals surface area contributed by atoms with Gasteiger partial charge in [-0.3, -0.25) is 0 Å². The summed E-state index contributed by atoms with van der Waals surface area (Å²) in [5, 5.41) is 4.59. The van der Waals surface area contributed by atoms with E-state index in [2.05, 4.69) is 78.6 Å². The molecule has 0 spiro atoms. The fourth-order valence-electron chi connectivity index (χ4n) is 3.18. The molecule has 0 saturated carbocycles. The van der Waals surface area contributed by atoms with Crippen LogP contribution >= 0.6 is 15.9 Å². The van der Waals surface area contributed by atoms with E-state index in [0.29, 0.717) is 0 Å². The van der Waals surface area contributed by atoms with E-state index in [1.807, 2.05) is 6.07 Å². The largest absolute Gasteiger partial charge is 0.346 e. The number of nitrogens with zero attached hydrogens (tertiary/aromatic N) is 3. The minimum atomic E-state index is 0.284. The lowest BCUT2D eigenvalue weighted by molar-refractivity contribution is 0.487. The second-order valence-corrected chi connectivity index (χ2v) is 6.60. The Hall–Kier alpha value is -1.98. The Morgan fingerprint density at radius 3 is 2.83 bits per heavy atom. The van der Waals surface area contributed by atoms with E-state index in [1.54, 1.807) is 6.33 Å². The first kappa shape index (κ1) is 14.6. The van der Waals surface area contributed by atoms with Gasteiger partial charge in [0.1, 0.15) is 12.1 Å². The minimum absolute atomic E-state index is 0.284. The monoisotopic (exact) mass is 368 g/mol. The van der Waals surface area contributed by atoms with Crippen molar-refractivity contribution in [3.8, 4) is 0 Å². The molecule has 0 radical (unpaired) electrons. The van der Waals surface area contributed by atoms with Crippen molar-refractivity contribution in [1.29, 1.82) is 0 Å². The summed E-state index contributed by atoms with van der Waals surface area (Å²) in [4.78, 5) is 11.4. The van der Waals surface area contributed by atoms with Gasteiger partial charge in [0, 0.05) is 29.5 Å². The maximum atomic E-state index is 4.61. The molecule has 1 saturated heterocycles. The number of anilines is 1. The number of benzene rings is 2. The molecule has 1 aliphatic heterocycles. The third-order valence-electron chi connectivity index (χ3n) is 4.28. The molecule has 1 N–H and O–H groups in total. The molecule has 1 fully saturated rings. The van der Waals surface area contributed by atoms with Crippen molar-refractivity contribution in [1.82, 2.24) is 15.3 Å². The number of piperazine rings is 1. The Bertz CT molecular complexity index is 822. The van der Waals surface area contributed by atoms with Crippen LogP contribution in [0.15, 0.2) is 59.3 Å². The molecule has 23 heavy (non-hydrogen) atoms. The molecule has 4 rings (SSSR count). The standard InChI is InChI=1S/C18H17BrN4/c19-14-6-7-15-16(10-14)21-12-22-18(15)23-9-8-20-11-17(23)13-4-2-1-3-5-13/h1-7,10,12,17,20H,8-9,11H2/t17-/m1/s1. The minimum Gasteiger partial charge on any atom is -0.346 e. The normalized spacial score (nSPS) is 18.3. The van der Waals surface area contributed by atoms with Crippen LogP contribution in [0.5, 0.6) is 0 Å². The Morgan fingerprint density at radius 2 is 1.96 bits per heavy atom. The van der Waals surface area contributed by atoms with Crippen molar-refractivity contribution in [2.24, 2.45) is 0 Å². The molecule has 0 aliphatic carbocycles. The van der Waals surface area contributed by atoms with Gasteiger partial charge in [-0.2, -0.15) is 0 Å². The molecule has 2 aromatic carbocycles. The van der Waals surface area contributed by atoms with Gasteiger partial charge in [-0.15, -0.1) is 0 Å². The Balaban J connectivity index is 1.81. The van der Waals surface area contributed by atoms with Crippen LogP contribution in [0.3, 0.4) is 0 Å². The molecular weight excluding hydrogens is 352 g/mol. The van der Waals surface area contributed by atoms with E-state index < -0.39 is 0 Å². The zero-order valence-electron chi connectivity index (χ0n) is 12.6. The van der Waals surface area contributed by atoms with Gasteiger partial charge >= 0.3 is 0 Å². The van der Waals surface area contributed by atoms with Crippen LogP contribution in [0.4, 0.5) is 5.82 Å². The lowest BCUT2D eigenvalue weighted by Crippen LogP contribution is -2.46. The second-order valence-electron chi connectivity index (χ2n) is 5.68. The summed E-state index contributed by atoms with van der Waals surface area (Å²) >= 11 is 3.52. The molecule has 0 unspecified atom stereocenters. The van der Waals surface area contributed by atoms with E-state index >= 15 is 0 Å². The maximum absolute atomic E-state index is 4.61. The highest BCUT2D eigenvalue weighted by Gasteiger charge is 2.26. The van der Waals surface area contributed by atoms with E-state index in [4.69, 9.17) is 0 Å². The van der Waals surface area contributed by atoms with E-state index in [9.17, 15) is 0 Å². The van der Waals surface area contributed by atoms with Crippen molar-refractivity contribution in [3.63, 3.8) is 0 Å². The number of aromatic nitrogens is 2. The van der Waals surface area contributed by atoms with Crippen LogP contribution in [-0.4, -0.2) is 29.6 Å². The van der Waals surface area contributed by atoms with E-state index in [0.717, 1.165) is 40.8 Å². The number of hydrogen-bond acceptors (Lipinski definition) is 4. The Labute approximate surface area is 143 Å². The molecule has 2 heterocycles. The molecule has 4 nitrogen and oxygen atoms in total. The summed E-state index contributed by atoms with van der Waals surface area (Å²) in [6, 6.07) is 17.1. The van der Waals surface area contributed by atoms with Crippen molar-refractivity contribution in [2.75, 3.05) is 24.5 Å². The number of nitrogens with one attached hydrogen (secondary N) is 1. The summed E-state index contributed by atoms with van der Waals surface area (Å²) in [7, 11) is 0. The lowest BCUT2D eigenvalue weighted by atomic mass is 10.0. The van der Waals surface area contributed by atoms with Gasteiger partial charge in [0.25, 0.3) is 0 Å². The van der Waals surface area contributed by atoms with Gasteiger partial charge in [0.2, 0.25) is 0 Å². The van der Waals surface area contributed by atoms with E-state index in [-0.39, 0.29) is 6.04 Å². The number of fused-ring (bicyclic) bond motifs is 1. The average Bonchev–Trinajstić information content (AvgIpc) is 2.62. The van der Waals surface area contributed by atoms with Crippen LogP contribution in [-0.2, 0) is 0 Å². The number of hydrogen-bond donors (Lipinski definition) is 1. The van der Waals surface area contributed by atoms with Crippen molar-refractivity contribution in [2.45, 2.75) is 6.04 Å². The van der Waals surface area contributed by atoms with Crippen molar-refractivity contribution in [3.05, 3.63) is 64.9 Å². The van der Waals surface area contributed by atoms with Crippen LogP contribution < -0.4 is 10.2 Å². The quantitative estimate of drug-likeness (QED) is 0.750. The number of halogens is 1. The van der Waals surface area contributed by atoms with Gasteiger partial charge < -0.3 is 10.2 Å². The molecule has 1 aliphatic rings. The number of rotatable bonds is 2. The smallest absolute Gasteiger partial charge is 0.140 e. The average molecular weight is 369 g/mol. The van der Waals surface area contributed by atoms with Gasteiger partial charge in [-0.25, -0.2) is 9.97 Å². The van der Waals surface area contributed by atoms with Gasteiger partial charge in [-0.1, -0.05) is 46.3 Å². The fraction of sp³-hybridized carbons (Fsp3) is 0.222. The van der Waals surface area contributed by atoms with Crippen LogP contribution in [0, 0.1) is 0 Å². The highest BCUT2D eigenvalue weighted by molar-refractivity contribution is 9.10. The van der Waals surface area contributed by atoms with Crippen LogP contribution in [0.1, 0.15) is 11.6 Å². The molecule has 1 atom stereocenters. The van der Waals surface area contributed by atoms with Crippen LogP contribution in [0.25, 0.3) is 10.9 Å². The fourth-order valence-corrected chi connectivity index (χ4v) is 3.52. The molecule has 116 valence electrons. The highest BCUT2D eigenvalue weighted by Crippen LogP contribution is 2.32. The third kappa shape index (κ3) is 2.82. The summed E-state index contributed by atoms with van der Waals surface area (Å²) in [6.07, 6.45) is 1.66. The SMILES string of the molecule is Brc1ccc2c(N3CCNC[C@@H]3c3ccccc3)ncnc2c1. The van der Waals surface area contributed by atoms with Crippen molar-refractivity contribution >= 4 is 32.7 Å².